The van der Waals surface area contributed by atoms with E-state index in [1.165, 1.54) is 0 Å². The van der Waals surface area contributed by atoms with E-state index in [0.717, 1.165) is 23.2 Å². The summed E-state index contributed by atoms with van der Waals surface area (Å²) in [6.45, 7) is 3.51. The number of nitrogens with zero attached hydrogens (tertiary/aromatic N) is 2. The minimum absolute atomic E-state index is 0.192. The second kappa shape index (κ2) is 6.66. The summed E-state index contributed by atoms with van der Waals surface area (Å²) >= 11 is 0. The molecule has 2 unspecified atom stereocenters. The van der Waals surface area contributed by atoms with Gasteiger partial charge in [0.1, 0.15) is 11.9 Å². The van der Waals surface area contributed by atoms with Crippen molar-refractivity contribution in [3.8, 4) is 22.9 Å². The van der Waals surface area contributed by atoms with Crippen LogP contribution in [0.4, 0.5) is 4.39 Å². The molecule has 2 heterocycles. The molecule has 4 nitrogen and oxygen atoms in total. The Balaban J connectivity index is 1.67. The molecule has 0 amide bonds. The molecule has 2 atom stereocenters. The van der Waals surface area contributed by atoms with Crippen LogP contribution >= 0.6 is 0 Å². The van der Waals surface area contributed by atoms with Crippen molar-refractivity contribution in [3.63, 3.8) is 0 Å². The van der Waals surface area contributed by atoms with Crippen LogP contribution in [-0.4, -0.2) is 29.3 Å². The number of benzene rings is 1. The largest absolute Gasteiger partial charge is 0.507 e. The third-order valence-electron chi connectivity index (χ3n) is 4.96. The van der Waals surface area contributed by atoms with Crippen LogP contribution in [0, 0.1) is 16.7 Å². The van der Waals surface area contributed by atoms with Crippen molar-refractivity contribution in [1.29, 1.82) is 5.26 Å². The number of piperidine rings is 1. The Kier molecular flexibility index (Phi) is 4.59. The standard InChI is InChI=1S/C19H21FN2O2/c1-19(5-7-21)6-8-22(12-18(19)20)11-14-2-3-16(17(23)10-14)15-4-9-24-13-15/h2-4,9-10,13,18,23H,5-6,8,11-12H2,1H3. The Bertz CT molecular complexity index is 738. The van der Waals surface area contributed by atoms with Crippen molar-refractivity contribution in [3.05, 3.63) is 42.4 Å². The lowest BCUT2D eigenvalue weighted by Crippen LogP contribution is -2.47. The molecule has 0 spiro atoms. The first-order valence-corrected chi connectivity index (χ1v) is 8.10. The maximum absolute atomic E-state index is 14.4. The fraction of sp³-hybridized carbons (Fsp3) is 0.421. The van der Waals surface area contributed by atoms with Gasteiger partial charge in [0.15, 0.2) is 0 Å². The Morgan fingerprint density at radius 3 is 2.92 bits per heavy atom. The van der Waals surface area contributed by atoms with E-state index in [-0.39, 0.29) is 12.2 Å². The highest BCUT2D eigenvalue weighted by Gasteiger charge is 2.39. The summed E-state index contributed by atoms with van der Waals surface area (Å²) in [5, 5.41) is 19.1. The highest BCUT2D eigenvalue weighted by atomic mass is 19.1. The van der Waals surface area contributed by atoms with Gasteiger partial charge in [0, 0.05) is 36.1 Å². The summed E-state index contributed by atoms with van der Waals surface area (Å²) in [6, 6.07) is 9.41. The summed E-state index contributed by atoms with van der Waals surface area (Å²) in [5.41, 5.74) is 1.94. The Morgan fingerprint density at radius 1 is 1.46 bits per heavy atom. The molecule has 126 valence electrons. The van der Waals surface area contributed by atoms with Gasteiger partial charge in [-0.2, -0.15) is 5.26 Å². The SMILES string of the molecule is CC1(CC#N)CCN(Cc2ccc(-c3ccoc3)c(O)c2)CC1F. The second-order valence-corrected chi connectivity index (χ2v) is 6.81. The van der Waals surface area contributed by atoms with E-state index < -0.39 is 11.6 Å². The Labute approximate surface area is 141 Å². The van der Waals surface area contributed by atoms with Gasteiger partial charge in [0.2, 0.25) is 0 Å². The molecular weight excluding hydrogens is 307 g/mol. The maximum Gasteiger partial charge on any atom is 0.123 e. The molecule has 1 aromatic carbocycles. The number of aromatic hydroxyl groups is 1. The summed E-state index contributed by atoms with van der Waals surface area (Å²) in [6.07, 6.45) is 3.06. The molecule has 0 aliphatic carbocycles. The van der Waals surface area contributed by atoms with Gasteiger partial charge in [-0.1, -0.05) is 19.1 Å². The lowest BCUT2D eigenvalue weighted by atomic mass is 9.76. The third kappa shape index (κ3) is 3.29. The van der Waals surface area contributed by atoms with Crippen LogP contribution in [0.15, 0.2) is 41.2 Å². The van der Waals surface area contributed by atoms with E-state index in [1.807, 2.05) is 24.0 Å². The van der Waals surface area contributed by atoms with Crippen molar-refractivity contribution in [2.24, 2.45) is 5.41 Å². The topological polar surface area (TPSA) is 60.4 Å². The predicted octanol–water partition coefficient (Wildman–Crippen LogP) is 4.12. The number of rotatable bonds is 4. The first-order chi connectivity index (χ1) is 11.5. The summed E-state index contributed by atoms with van der Waals surface area (Å²) < 4.78 is 19.5. The zero-order valence-corrected chi connectivity index (χ0v) is 13.7. The molecule has 24 heavy (non-hydrogen) atoms. The van der Waals surface area contributed by atoms with Crippen molar-refractivity contribution in [1.82, 2.24) is 4.90 Å². The van der Waals surface area contributed by atoms with Gasteiger partial charge in [0.05, 0.1) is 18.6 Å². The van der Waals surface area contributed by atoms with Crippen LogP contribution in [0.1, 0.15) is 25.3 Å². The first kappa shape index (κ1) is 16.5. The number of nitriles is 1. The molecule has 1 fully saturated rings. The summed E-state index contributed by atoms with van der Waals surface area (Å²) in [7, 11) is 0. The van der Waals surface area contributed by atoms with E-state index >= 15 is 0 Å². The number of hydrogen-bond donors (Lipinski definition) is 1. The van der Waals surface area contributed by atoms with Gasteiger partial charge < -0.3 is 9.52 Å². The molecule has 1 aliphatic heterocycles. The highest BCUT2D eigenvalue weighted by Crippen LogP contribution is 2.37. The first-order valence-electron chi connectivity index (χ1n) is 8.10. The predicted molar refractivity (Wildman–Crippen MR) is 88.9 cm³/mol. The molecule has 0 saturated carbocycles. The highest BCUT2D eigenvalue weighted by molar-refractivity contribution is 5.69. The number of furan rings is 1. The lowest BCUT2D eigenvalue weighted by molar-refractivity contribution is 0.0186. The van der Waals surface area contributed by atoms with Crippen molar-refractivity contribution < 1.29 is 13.9 Å². The molecular formula is C19H21FN2O2. The second-order valence-electron chi connectivity index (χ2n) is 6.81. The number of phenols is 1. The van der Waals surface area contributed by atoms with Gasteiger partial charge in [-0.3, -0.25) is 4.90 Å². The monoisotopic (exact) mass is 328 g/mol. The van der Waals surface area contributed by atoms with Gasteiger partial charge in [-0.25, -0.2) is 4.39 Å². The molecule has 1 N–H and O–H groups in total. The van der Waals surface area contributed by atoms with Crippen molar-refractivity contribution in [2.45, 2.75) is 32.5 Å². The fourth-order valence-corrected chi connectivity index (χ4v) is 3.23. The van der Waals surface area contributed by atoms with E-state index in [9.17, 15) is 9.50 Å². The Morgan fingerprint density at radius 2 is 2.29 bits per heavy atom. The normalized spacial score (nSPS) is 24.6. The van der Waals surface area contributed by atoms with E-state index in [0.29, 0.717) is 19.5 Å². The quantitative estimate of drug-likeness (QED) is 0.917. The van der Waals surface area contributed by atoms with Crippen LogP contribution in [0.5, 0.6) is 5.75 Å². The average molecular weight is 328 g/mol. The van der Waals surface area contributed by atoms with Gasteiger partial charge in [-0.05, 0) is 30.7 Å². The van der Waals surface area contributed by atoms with Crippen LogP contribution in [-0.2, 0) is 6.54 Å². The van der Waals surface area contributed by atoms with Crippen LogP contribution in [0.3, 0.4) is 0 Å². The minimum Gasteiger partial charge on any atom is -0.507 e. The maximum atomic E-state index is 14.4. The molecule has 0 bridgehead atoms. The number of hydrogen-bond acceptors (Lipinski definition) is 4. The smallest absolute Gasteiger partial charge is 0.123 e. The number of halogens is 1. The molecule has 2 aromatic rings. The molecule has 5 heteroatoms. The number of alkyl halides is 1. The van der Waals surface area contributed by atoms with Crippen molar-refractivity contribution >= 4 is 0 Å². The van der Waals surface area contributed by atoms with Crippen LogP contribution in [0.2, 0.25) is 0 Å². The van der Waals surface area contributed by atoms with Crippen molar-refractivity contribution in [2.75, 3.05) is 13.1 Å². The summed E-state index contributed by atoms with van der Waals surface area (Å²) in [5.74, 6) is 0.192. The molecule has 3 rings (SSSR count). The third-order valence-corrected chi connectivity index (χ3v) is 4.96. The van der Waals surface area contributed by atoms with E-state index in [2.05, 4.69) is 6.07 Å². The van der Waals surface area contributed by atoms with Crippen LogP contribution < -0.4 is 0 Å². The summed E-state index contributed by atoms with van der Waals surface area (Å²) in [4.78, 5) is 2.04. The lowest BCUT2D eigenvalue weighted by Gasteiger charge is -2.41. The molecule has 1 aliphatic rings. The van der Waals surface area contributed by atoms with E-state index in [4.69, 9.17) is 9.68 Å². The minimum atomic E-state index is -1.01. The number of likely N-dealkylation sites (tertiary alicyclic amines) is 1. The van der Waals surface area contributed by atoms with Gasteiger partial charge in [0.25, 0.3) is 0 Å². The molecule has 1 aromatic heterocycles. The average Bonchev–Trinajstić information content (AvgIpc) is 3.06. The fourth-order valence-electron chi connectivity index (χ4n) is 3.23. The number of phenolic OH excluding ortho intramolecular Hbond substituents is 1. The van der Waals surface area contributed by atoms with Gasteiger partial charge in [-0.15, -0.1) is 0 Å². The molecule has 0 radical (unpaired) electrons. The zero-order valence-electron chi connectivity index (χ0n) is 13.7. The Hall–Kier alpha value is -2.32. The van der Waals surface area contributed by atoms with Gasteiger partial charge >= 0.3 is 0 Å². The molecule has 1 saturated heterocycles. The van der Waals surface area contributed by atoms with E-state index in [1.54, 1.807) is 24.7 Å². The zero-order chi connectivity index (χ0) is 17.2. The van der Waals surface area contributed by atoms with Crippen LogP contribution in [0.25, 0.3) is 11.1 Å².